The zero-order valence-corrected chi connectivity index (χ0v) is 23.3. The van der Waals surface area contributed by atoms with E-state index in [1.807, 2.05) is 18.2 Å². The standard InChI is InChI=1S/C31H29F6NO5/c1-4-7-20-16-22(29(41,30(32,33)34)31(35,36)37)9-11-24(20)42-15-6-5-14-38-26(39)12-13-28(3,27(38)40)21-8-10-23-19(2)18-43-25(23)17-21/h8-13,16-17,23,25,41H,2,4,7,14-15,18H2,1,3H3. The van der Waals surface area contributed by atoms with Crippen LogP contribution >= 0.6 is 0 Å². The second-order valence-corrected chi connectivity index (χ2v) is 10.6. The Morgan fingerprint density at radius 1 is 1.14 bits per heavy atom. The first kappa shape index (κ1) is 32.1. The number of benzene rings is 1. The fraction of sp³-hybridized carbons (Fsp3) is 0.419. The summed E-state index contributed by atoms with van der Waals surface area (Å²) in [6.07, 6.45) is -3.44. The van der Waals surface area contributed by atoms with Crippen LogP contribution in [0.1, 0.15) is 31.4 Å². The molecule has 1 fully saturated rings. The molecule has 0 aromatic heterocycles. The molecular weight excluding hydrogens is 580 g/mol. The molecule has 1 aliphatic carbocycles. The molecule has 6 nitrogen and oxygen atoms in total. The lowest BCUT2D eigenvalue weighted by Crippen LogP contribution is -2.53. The summed E-state index contributed by atoms with van der Waals surface area (Å²) in [5, 5.41) is 9.73. The summed E-state index contributed by atoms with van der Waals surface area (Å²) < 4.78 is 91.2. The predicted octanol–water partition coefficient (Wildman–Crippen LogP) is 5.33. The highest BCUT2D eigenvalue weighted by Crippen LogP contribution is 2.50. The second-order valence-electron chi connectivity index (χ2n) is 10.6. The minimum absolute atomic E-state index is 0.0154. The van der Waals surface area contributed by atoms with Gasteiger partial charge in [0.25, 0.3) is 11.5 Å². The molecule has 3 atom stereocenters. The van der Waals surface area contributed by atoms with Crippen LogP contribution in [0.4, 0.5) is 26.3 Å². The van der Waals surface area contributed by atoms with Crippen LogP contribution in [0, 0.1) is 23.2 Å². The largest absolute Gasteiger partial charge is 0.481 e. The van der Waals surface area contributed by atoms with Crippen LogP contribution in [0.3, 0.4) is 0 Å². The number of imide groups is 1. The lowest BCUT2D eigenvalue weighted by Gasteiger charge is -2.36. The number of aliphatic hydroxyl groups is 1. The topological polar surface area (TPSA) is 76.1 Å². The van der Waals surface area contributed by atoms with E-state index in [-0.39, 0.29) is 42.9 Å². The molecule has 4 rings (SSSR count). The van der Waals surface area contributed by atoms with Crippen molar-refractivity contribution >= 4 is 11.8 Å². The highest BCUT2D eigenvalue weighted by atomic mass is 19.4. The maximum atomic E-state index is 13.4. The van der Waals surface area contributed by atoms with Crippen LogP contribution in [-0.4, -0.2) is 60.0 Å². The van der Waals surface area contributed by atoms with Gasteiger partial charge in [-0.3, -0.25) is 14.5 Å². The van der Waals surface area contributed by atoms with Crippen molar-refractivity contribution in [2.24, 2.45) is 11.3 Å². The van der Waals surface area contributed by atoms with Gasteiger partial charge in [-0.1, -0.05) is 62.1 Å². The van der Waals surface area contributed by atoms with Crippen molar-refractivity contribution < 1.29 is 50.5 Å². The summed E-state index contributed by atoms with van der Waals surface area (Å²) in [6, 6.07) is 2.04. The summed E-state index contributed by atoms with van der Waals surface area (Å²) in [5.41, 5.74) is -5.97. The summed E-state index contributed by atoms with van der Waals surface area (Å²) in [7, 11) is 0. The van der Waals surface area contributed by atoms with Crippen molar-refractivity contribution in [3.05, 3.63) is 77.4 Å². The van der Waals surface area contributed by atoms with Gasteiger partial charge < -0.3 is 14.6 Å². The molecule has 12 heteroatoms. The van der Waals surface area contributed by atoms with Crippen LogP contribution in [0.5, 0.6) is 5.75 Å². The van der Waals surface area contributed by atoms with Gasteiger partial charge in [0.05, 0.1) is 24.7 Å². The van der Waals surface area contributed by atoms with Gasteiger partial charge in [0.1, 0.15) is 12.4 Å². The normalized spacial score (nSPS) is 24.1. The van der Waals surface area contributed by atoms with Crippen LogP contribution in [-0.2, 0) is 26.3 Å². The number of ether oxygens (including phenoxy) is 2. The zero-order chi connectivity index (χ0) is 31.8. The molecule has 0 spiro atoms. The Bertz CT molecular complexity index is 1450. The summed E-state index contributed by atoms with van der Waals surface area (Å²) >= 11 is 0. The van der Waals surface area contributed by atoms with E-state index in [4.69, 9.17) is 9.47 Å². The Labute approximate surface area is 244 Å². The number of nitrogens with zero attached hydrogens (tertiary/aromatic N) is 1. The molecule has 0 radical (unpaired) electrons. The third-order valence-corrected chi connectivity index (χ3v) is 7.71. The number of amides is 2. The molecule has 43 heavy (non-hydrogen) atoms. The van der Waals surface area contributed by atoms with Gasteiger partial charge in [-0.25, -0.2) is 0 Å². The predicted molar refractivity (Wildman–Crippen MR) is 143 cm³/mol. The Hall–Kier alpha value is -3.82. The average Bonchev–Trinajstić information content (AvgIpc) is 3.31. The monoisotopic (exact) mass is 609 g/mol. The average molecular weight is 610 g/mol. The minimum Gasteiger partial charge on any atom is -0.481 e. The number of fused-ring (bicyclic) bond motifs is 1. The lowest BCUT2D eigenvalue weighted by atomic mass is 9.74. The van der Waals surface area contributed by atoms with Gasteiger partial charge in [-0.2, -0.15) is 26.3 Å². The molecule has 2 aliphatic heterocycles. The number of aryl methyl sites for hydroxylation is 1. The number of rotatable bonds is 7. The highest BCUT2D eigenvalue weighted by Gasteiger charge is 2.71. The fourth-order valence-corrected chi connectivity index (χ4v) is 5.17. The van der Waals surface area contributed by atoms with Gasteiger partial charge in [0.2, 0.25) is 5.91 Å². The van der Waals surface area contributed by atoms with Crippen molar-refractivity contribution in [3.8, 4) is 17.6 Å². The number of carbonyl (C=O) groups is 2. The Morgan fingerprint density at radius 3 is 2.49 bits per heavy atom. The van der Waals surface area contributed by atoms with Crippen molar-refractivity contribution in [1.29, 1.82) is 0 Å². The van der Waals surface area contributed by atoms with Gasteiger partial charge in [0, 0.05) is 17.6 Å². The summed E-state index contributed by atoms with van der Waals surface area (Å²) in [5.74, 6) is 4.22. The smallest absolute Gasteiger partial charge is 0.430 e. The maximum absolute atomic E-state index is 13.4. The fourth-order valence-electron chi connectivity index (χ4n) is 5.17. The quantitative estimate of drug-likeness (QED) is 0.196. The van der Waals surface area contributed by atoms with E-state index in [2.05, 4.69) is 18.4 Å². The van der Waals surface area contributed by atoms with Crippen LogP contribution in [0.25, 0.3) is 0 Å². The number of hydrogen-bond donors (Lipinski definition) is 1. The van der Waals surface area contributed by atoms with E-state index in [0.29, 0.717) is 30.7 Å². The third-order valence-electron chi connectivity index (χ3n) is 7.71. The van der Waals surface area contributed by atoms with Crippen LogP contribution in [0.2, 0.25) is 0 Å². The number of allylic oxidation sites excluding steroid dienone is 1. The Morgan fingerprint density at radius 2 is 1.84 bits per heavy atom. The number of halogens is 6. The summed E-state index contributed by atoms with van der Waals surface area (Å²) in [4.78, 5) is 26.9. The number of hydrogen-bond acceptors (Lipinski definition) is 5. The van der Waals surface area contributed by atoms with Crippen molar-refractivity contribution in [3.63, 3.8) is 0 Å². The van der Waals surface area contributed by atoms with E-state index >= 15 is 0 Å². The molecule has 3 unspecified atom stereocenters. The number of carbonyl (C=O) groups excluding carboxylic acids is 2. The minimum atomic E-state index is -6.01. The zero-order valence-electron chi connectivity index (χ0n) is 23.3. The van der Waals surface area contributed by atoms with Gasteiger partial charge in [-0.15, -0.1) is 0 Å². The van der Waals surface area contributed by atoms with Crippen molar-refractivity contribution in [1.82, 2.24) is 4.90 Å². The SMILES string of the molecule is C=C1COC2C=C(C3(C)C=CC(=O)N(CC#CCOc4ccc(C(O)(C(F)(F)F)C(F)(F)F)cc4CCC)C3=O)C=CC12. The molecule has 0 saturated carbocycles. The molecule has 3 aliphatic rings. The van der Waals surface area contributed by atoms with E-state index in [1.165, 1.54) is 12.2 Å². The molecule has 0 bridgehead atoms. The third kappa shape index (κ3) is 5.88. The first-order chi connectivity index (χ1) is 20.0. The summed E-state index contributed by atoms with van der Waals surface area (Å²) in [6.45, 7) is 7.14. The van der Waals surface area contributed by atoms with Crippen LogP contribution < -0.4 is 4.74 Å². The van der Waals surface area contributed by atoms with E-state index < -0.39 is 40.7 Å². The molecular formula is C31H29F6NO5. The molecule has 1 N–H and O–H groups in total. The van der Waals surface area contributed by atoms with Crippen molar-refractivity contribution in [2.75, 3.05) is 19.8 Å². The van der Waals surface area contributed by atoms with E-state index in [0.717, 1.165) is 16.5 Å². The molecule has 1 aromatic carbocycles. The maximum Gasteiger partial charge on any atom is 0.430 e. The first-order valence-corrected chi connectivity index (χ1v) is 13.4. The first-order valence-electron chi connectivity index (χ1n) is 13.4. The van der Waals surface area contributed by atoms with Crippen molar-refractivity contribution in [2.45, 2.75) is 50.7 Å². The lowest BCUT2D eigenvalue weighted by molar-refractivity contribution is -0.376. The number of alkyl halides is 6. The van der Waals surface area contributed by atoms with Crippen LogP contribution in [0.15, 0.2) is 66.3 Å². The van der Waals surface area contributed by atoms with Gasteiger partial charge in [0.15, 0.2) is 0 Å². The molecule has 1 saturated heterocycles. The van der Waals surface area contributed by atoms with E-state index in [1.54, 1.807) is 13.8 Å². The highest BCUT2D eigenvalue weighted by molar-refractivity contribution is 6.08. The van der Waals surface area contributed by atoms with Gasteiger partial charge in [-0.05, 0) is 42.2 Å². The van der Waals surface area contributed by atoms with Gasteiger partial charge >= 0.3 is 12.4 Å². The molecule has 230 valence electrons. The molecule has 1 aromatic rings. The second kappa shape index (κ2) is 11.7. The molecule has 2 amide bonds. The van der Waals surface area contributed by atoms with E-state index in [9.17, 15) is 41.0 Å². The molecule has 2 heterocycles. The Kier molecular flexibility index (Phi) is 8.73. The Balaban J connectivity index is 1.46.